The summed E-state index contributed by atoms with van der Waals surface area (Å²) in [6, 6.07) is 21.3. The number of nitrogens with zero attached hydrogens (tertiary/aromatic N) is 2. The van der Waals surface area contributed by atoms with Gasteiger partial charge >= 0.3 is 0 Å². The van der Waals surface area contributed by atoms with Gasteiger partial charge in [0.1, 0.15) is 5.75 Å². The minimum atomic E-state index is 0.463. The van der Waals surface area contributed by atoms with Crippen molar-refractivity contribution < 1.29 is 4.74 Å². The second kappa shape index (κ2) is 6.72. The minimum Gasteiger partial charge on any atom is -0.438 e. The third-order valence-corrected chi connectivity index (χ3v) is 4.04. The van der Waals surface area contributed by atoms with E-state index in [1.54, 1.807) is 12.3 Å². The monoisotopic (exact) mass is 342 g/mol. The minimum absolute atomic E-state index is 0.463. The zero-order chi connectivity index (χ0) is 17.9. The summed E-state index contributed by atoms with van der Waals surface area (Å²) >= 11 is 0. The number of hydrogen-bond donors (Lipinski definition) is 2. The highest BCUT2D eigenvalue weighted by Gasteiger charge is 2.08. The molecule has 4 aromatic rings. The number of hydrogen-bond acceptors (Lipinski definition) is 5. The fraction of sp³-hybridized carbons (Fsp3) is 0.0476. The third kappa shape index (κ3) is 3.28. The van der Waals surface area contributed by atoms with Gasteiger partial charge in [-0.25, -0.2) is 4.98 Å². The second-order valence-electron chi connectivity index (χ2n) is 6.01. The summed E-state index contributed by atoms with van der Waals surface area (Å²) in [5.41, 5.74) is 8.86. The number of benzene rings is 3. The highest BCUT2D eigenvalue weighted by molar-refractivity contribution is 5.97. The molecule has 5 heteroatoms. The molecule has 26 heavy (non-hydrogen) atoms. The first-order valence-electron chi connectivity index (χ1n) is 8.31. The zero-order valence-corrected chi connectivity index (χ0v) is 14.3. The Kier molecular flexibility index (Phi) is 4.11. The van der Waals surface area contributed by atoms with Crippen LogP contribution in [0.1, 0.15) is 5.56 Å². The molecule has 3 N–H and O–H groups in total. The molecule has 1 heterocycles. The third-order valence-electron chi connectivity index (χ3n) is 4.04. The van der Waals surface area contributed by atoms with Crippen molar-refractivity contribution in [3.8, 4) is 11.6 Å². The van der Waals surface area contributed by atoms with E-state index in [1.807, 2.05) is 67.6 Å². The molecule has 1 aromatic heterocycles. The van der Waals surface area contributed by atoms with E-state index in [0.29, 0.717) is 17.6 Å². The van der Waals surface area contributed by atoms with E-state index in [-0.39, 0.29) is 0 Å². The van der Waals surface area contributed by atoms with Gasteiger partial charge in [-0.2, -0.15) is 4.98 Å². The summed E-state index contributed by atoms with van der Waals surface area (Å²) in [7, 11) is 0. The maximum Gasteiger partial charge on any atom is 0.230 e. The fourth-order valence-electron chi connectivity index (χ4n) is 2.81. The quantitative estimate of drug-likeness (QED) is 0.507. The molecule has 0 saturated carbocycles. The number of fused-ring (bicyclic) bond motifs is 1. The van der Waals surface area contributed by atoms with Crippen molar-refractivity contribution in [3.63, 3.8) is 0 Å². The Morgan fingerprint density at radius 1 is 0.923 bits per heavy atom. The Morgan fingerprint density at radius 2 is 1.77 bits per heavy atom. The predicted octanol–water partition coefficient (Wildman–Crippen LogP) is 5.06. The SMILES string of the molecule is Cc1cccc(Nc2nccc(Oc3ccc(N)c4ccccc34)n2)c1. The molecule has 0 unspecified atom stereocenters. The molecule has 128 valence electrons. The van der Waals surface area contributed by atoms with Crippen LogP contribution in [0.5, 0.6) is 11.6 Å². The Balaban J connectivity index is 1.63. The van der Waals surface area contributed by atoms with E-state index < -0.39 is 0 Å². The fourth-order valence-corrected chi connectivity index (χ4v) is 2.81. The standard InChI is InChI=1S/C21H18N4O/c1-14-5-4-6-15(13-14)24-21-23-12-11-20(25-21)26-19-10-9-18(22)16-7-2-3-8-17(16)19/h2-13H,22H2,1H3,(H,23,24,25). The smallest absolute Gasteiger partial charge is 0.230 e. The van der Waals surface area contributed by atoms with Gasteiger partial charge in [0.2, 0.25) is 11.8 Å². The van der Waals surface area contributed by atoms with E-state index in [2.05, 4.69) is 15.3 Å². The van der Waals surface area contributed by atoms with Gasteiger partial charge in [-0.05, 0) is 36.8 Å². The summed E-state index contributed by atoms with van der Waals surface area (Å²) in [6.07, 6.45) is 1.67. The molecule has 0 spiro atoms. The summed E-state index contributed by atoms with van der Waals surface area (Å²) in [6.45, 7) is 2.04. The molecule has 0 amide bonds. The molecule has 3 aromatic carbocycles. The molecule has 4 rings (SSSR count). The Morgan fingerprint density at radius 3 is 2.62 bits per heavy atom. The van der Waals surface area contributed by atoms with Crippen LogP contribution in [0.4, 0.5) is 17.3 Å². The van der Waals surface area contributed by atoms with Gasteiger partial charge in [-0.1, -0.05) is 36.4 Å². The maximum atomic E-state index is 6.05. The molecule has 0 atom stereocenters. The van der Waals surface area contributed by atoms with E-state index in [0.717, 1.165) is 27.7 Å². The summed E-state index contributed by atoms with van der Waals surface area (Å²) in [4.78, 5) is 8.71. The van der Waals surface area contributed by atoms with Crippen LogP contribution in [0.25, 0.3) is 10.8 Å². The van der Waals surface area contributed by atoms with Crippen molar-refractivity contribution in [1.29, 1.82) is 0 Å². The average molecular weight is 342 g/mol. The number of rotatable bonds is 4. The molecule has 0 aliphatic rings. The zero-order valence-electron chi connectivity index (χ0n) is 14.3. The van der Waals surface area contributed by atoms with Crippen molar-refractivity contribution in [2.75, 3.05) is 11.1 Å². The largest absolute Gasteiger partial charge is 0.438 e. The number of nitrogens with one attached hydrogen (secondary N) is 1. The molecule has 0 bridgehead atoms. The Labute approximate surface area is 151 Å². The summed E-state index contributed by atoms with van der Waals surface area (Å²) in [5.74, 6) is 1.65. The Bertz CT molecular complexity index is 1080. The average Bonchev–Trinajstić information content (AvgIpc) is 2.65. The normalized spacial score (nSPS) is 10.7. The number of aryl methyl sites for hydroxylation is 1. The van der Waals surface area contributed by atoms with Gasteiger partial charge in [0.25, 0.3) is 0 Å². The Hall–Kier alpha value is -3.60. The van der Waals surface area contributed by atoms with E-state index in [4.69, 9.17) is 10.5 Å². The van der Waals surface area contributed by atoms with Gasteiger partial charge in [-0.3, -0.25) is 0 Å². The van der Waals surface area contributed by atoms with E-state index >= 15 is 0 Å². The van der Waals surface area contributed by atoms with Crippen LogP contribution < -0.4 is 15.8 Å². The first-order valence-corrected chi connectivity index (χ1v) is 8.31. The topological polar surface area (TPSA) is 73.1 Å². The van der Waals surface area contributed by atoms with Crippen molar-refractivity contribution in [2.45, 2.75) is 6.92 Å². The van der Waals surface area contributed by atoms with Crippen LogP contribution in [0.3, 0.4) is 0 Å². The predicted molar refractivity (Wildman–Crippen MR) is 105 cm³/mol. The number of anilines is 3. The second-order valence-corrected chi connectivity index (χ2v) is 6.01. The van der Waals surface area contributed by atoms with Gasteiger partial charge in [0.15, 0.2) is 0 Å². The molecular weight excluding hydrogens is 324 g/mol. The number of ether oxygens (including phenoxy) is 1. The first-order chi connectivity index (χ1) is 12.7. The molecule has 0 saturated heterocycles. The van der Waals surface area contributed by atoms with E-state index in [1.165, 1.54) is 0 Å². The summed E-state index contributed by atoms with van der Waals surface area (Å²) in [5, 5.41) is 5.09. The van der Waals surface area contributed by atoms with Crippen LogP contribution >= 0.6 is 0 Å². The van der Waals surface area contributed by atoms with Gasteiger partial charge in [0.05, 0.1) is 0 Å². The molecule has 0 aliphatic carbocycles. The first kappa shape index (κ1) is 15.9. The van der Waals surface area contributed by atoms with Crippen LogP contribution in [0, 0.1) is 6.92 Å². The highest BCUT2D eigenvalue weighted by atomic mass is 16.5. The number of nitrogens with two attached hydrogens (primary N) is 1. The van der Waals surface area contributed by atoms with Crippen molar-refractivity contribution >= 4 is 28.1 Å². The lowest BCUT2D eigenvalue weighted by molar-refractivity contribution is 0.468. The lowest BCUT2D eigenvalue weighted by Crippen LogP contribution is -1.99. The maximum absolute atomic E-state index is 6.05. The molecule has 0 fully saturated rings. The lowest BCUT2D eigenvalue weighted by Gasteiger charge is -2.11. The molecular formula is C21H18N4O. The lowest BCUT2D eigenvalue weighted by atomic mass is 10.1. The van der Waals surface area contributed by atoms with Gasteiger partial charge in [0, 0.05) is 34.4 Å². The van der Waals surface area contributed by atoms with Crippen molar-refractivity contribution in [1.82, 2.24) is 9.97 Å². The van der Waals surface area contributed by atoms with Gasteiger partial charge < -0.3 is 15.8 Å². The molecule has 0 radical (unpaired) electrons. The highest BCUT2D eigenvalue weighted by Crippen LogP contribution is 2.32. The van der Waals surface area contributed by atoms with Crippen molar-refractivity contribution in [3.05, 3.63) is 78.5 Å². The van der Waals surface area contributed by atoms with Gasteiger partial charge in [-0.15, -0.1) is 0 Å². The molecule has 5 nitrogen and oxygen atoms in total. The van der Waals surface area contributed by atoms with Crippen LogP contribution in [-0.4, -0.2) is 9.97 Å². The molecule has 0 aliphatic heterocycles. The van der Waals surface area contributed by atoms with E-state index in [9.17, 15) is 0 Å². The van der Waals surface area contributed by atoms with Crippen molar-refractivity contribution in [2.24, 2.45) is 0 Å². The number of nitrogen functional groups attached to an aromatic ring is 1. The van der Waals surface area contributed by atoms with Crippen LogP contribution in [-0.2, 0) is 0 Å². The summed E-state index contributed by atoms with van der Waals surface area (Å²) < 4.78 is 6.00. The number of aromatic nitrogens is 2. The van der Waals surface area contributed by atoms with Crippen LogP contribution in [0.2, 0.25) is 0 Å². The van der Waals surface area contributed by atoms with Crippen LogP contribution in [0.15, 0.2) is 72.9 Å².